The summed E-state index contributed by atoms with van der Waals surface area (Å²) in [5.74, 6) is -0.885. The average Bonchev–Trinajstić information content (AvgIpc) is 3.26. The van der Waals surface area contributed by atoms with Gasteiger partial charge >= 0.3 is 0 Å². The number of nitrogens with one attached hydrogen (secondary N) is 1. The Bertz CT molecular complexity index is 1130. The highest BCUT2D eigenvalue weighted by molar-refractivity contribution is 5.85. The van der Waals surface area contributed by atoms with Gasteiger partial charge in [0, 0.05) is 39.0 Å². The van der Waals surface area contributed by atoms with E-state index in [9.17, 15) is 4.79 Å². The van der Waals surface area contributed by atoms with Crippen LogP contribution in [0.1, 0.15) is 48.9 Å². The van der Waals surface area contributed by atoms with E-state index >= 15 is 0 Å². The number of nitrogens with zero attached hydrogens (tertiary/aromatic N) is 1. The molecule has 0 bridgehead atoms. The minimum Gasteiger partial charge on any atom is -0.379 e. The first-order valence-corrected chi connectivity index (χ1v) is 14.5. The molecule has 1 unspecified atom stereocenters. The van der Waals surface area contributed by atoms with E-state index in [1.807, 2.05) is 26.0 Å². The van der Waals surface area contributed by atoms with Crippen molar-refractivity contribution in [3.8, 4) is 0 Å². The maximum atomic E-state index is 14.0. The molecular weight excluding hydrogens is 508 g/mol. The summed E-state index contributed by atoms with van der Waals surface area (Å²) in [6, 6.07) is 16.4. The van der Waals surface area contributed by atoms with Crippen molar-refractivity contribution in [2.24, 2.45) is 0 Å². The van der Waals surface area contributed by atoms with Crippen molar-refractivity contribution >= 4 is 5.91 Å². The molecule has 218 valence electrons. The van der Waals surface area contributed by atoms with E-state index in [1.165, 1.54) is 5.56 Å². The fourth-order valence-corrected chi connectivity index (χ4v) is 5.90. The maximum Gasteiger partial charge on any atom is 0.252 e. The summed E-state index contributed by atoms with van der Waals surface area (Å²) in [7, 11) is 0. The number of carbonyl (C=O) groups excluding carboxylic acids is 1. The Labute approximate surface area is 238 Å². The summed E-state index contributed by atoms with van der Waals surface area (Å²) in [6.45, 7) is 13.3. The molecule has 8 heteroatoms. The zero-order chi connectivity index (χ0) is 28.2. The fraction of sp³-hybridized carbons (Fsp3) is 0.594. The first kappa shape index (κ1) is 29.2. The average molecular weight is 553 g/mol. The van der Waals surface area contributed by atoms with Gasteiger partial charge in [-0.2, -0.15) is 0 Å². The number of amides is 1. The number of fused-ring (bicyclic) bond motifs is 1. The quantitative estimate of drug-likeness (QED) is 0.479. The van der Waals surface area contributed by atoms with E-state index in [-0.39, 0.29) is 24.2 Å². The molecule has 1 saturated carbocycles. The zero-order valence-corrected chi connectivity index (χ0v) is 24.3. The van der Waals surface area contributed by atoms with Crippen LogP contribution in [0.25, 0.3) is 0 Å². The van der Waals surface area contributed by atoms with Crippen molar-refractivity contribution in [2.75, 3.05) is 39.4 Å². The molecule has 2 aromatic carbocycles. The third-order valence-corrected chi connectivity index (χ3v) is 8.23. The number of morpholine rings is 1. The van der Waals surface area contributed by atoms with Gasteiger partial charge in [0.2, 0.25) is 0 Å². The minimum atomic E-state index is -1.11. The van der Waals surface area contributed by atoms with Crippen molar-refractivity contribution in [3.05, 3.63) is 70.8 Å². The molecule has 0 radical (unpaired) electrons. The van der Waals surface area contributed by atoms with Crippen LogP contribution in [0.15, 0.2) is 48.5 Å². The smallest absolute Gasteiger partial charge is 0.252 e. The molecule has 3 fully saturated rings. The van der Waals surface area contributed by atoms with E-state index in [2.05, 4.69) is 60.5 Å². The number of hydrogen-bond acceptors (Lipinski definition) is 7. The van der Waals surface area contributed by atoms with Gasteiger partial charge in [0.1, 0.15) is 6.10 Å². The Hall–Kier alpha value is -2.33. The highest BCUT2D eigenvalue weighted by Gasteiger charge is 2.58. The van der Waals surface area contributed by atoms with Crippen LogP contribution in [-0.2, 0) is 41.7 Å². The zero-order valence-electron chi connectivity index (χ0n) is 24.3. The number of aryl methyl sites for hydroxylation is 2. The van der Waals surface area contributed by atoms with Gasteiger partial charge < -0.3 is 29.0 Å². The monoisotopic (exact) mass is 552 g/mol. The van der Waals surface area contributed by atoms with Gasteiger partial charge in [0.15, 0.2) is 11.4 Å². The number of rotatable bonds is 10. The summed E-state index contributed by atoms with van der Waals surface area (Å²) >= 11 is 0. The van der Waals surface area contributed by atoms with E-state index in [4.69, 9.17) is 23.7 Å². The molecule has 3 aliphatic rings. The second-order valence-electron chi connectivity index (χ2n) is 11.8. The van der Waals surface area contributed by atoms with Gasteiger partial charge in [-0.1, -0.05) is 54.1 Å². The molecule has 8 nitrogen and oxygen atoms in total. The molecule has 5 rings (SSSR count). The van der Waals surface area contributed by atoms with Crippen molar-refractivity contribution in [1.29, 1.82) is 0 Å². The Morgan fingerprint density at radius 2 is 1.75 bits per heavy atom. The highest BCUT2D eigenvalue weighted by Crippen LogP contribution is 2.44. The van der Waals surface area contributed by atoms with Crippen LogP contribution >= 0.6 is 0 Å². The largest absolute Gasteiger partial charge is 0.379 e. The first-order valence-electron chi connectivity index (χ1n) is 14.5. The summed E-state index contributed by atoms with van der Waals surface area (Å²) in [4.78, 5) is 16.4. The first-order chi connectivity index (χ1) is 19.2. The Balaban J connectivity index is 1.36. The summed E-state index contributed by atoms with van der Waals surface area (Å²) in [6.07, 6.45) is -0.190. The summed E-state index contributed by atoms with van der Waals surface area (Å²) < 4.78 is 31.3. The van der Waals surface area contributed by atoms with Gasteiger partial charge in [-0.15, -0.1) is 0 Å². The molecule has 1 aliphatic carbocycles. The van der Waals surface area contributed by atoms with Gasteiger partial charge in [0.05, 0.1) is 38.6 Å². The summed E-state index contributed by atoms with van der Waals surface area (Å²) in [5.41, 5.74) is 3.36. The molecule has 2 heterocycles. The van der Waals surface area contributed by atoms with Crippen LogP contribution in [0.4, 0.5) is 0 Å². The van der Waals surface area contributed by atoms with Crippen molar-refractivity contribution in [2.45, 2.75) is 83.5 Å². The highest BCUT2D eigenvalue weighted by atomic mass is 16.8. The molecule has 2 aromatic rings. The van der Waals surface area contributed by atoms with Gasteiger partial charge in [0.25, 0.3) is 5.91 Å². The Morgan fingerprint density at radius 3 is 2.50 bits per heavy atom. The van der Waals surface area contributed by atoms with Gasteiger partial charge in [-0.25, -0.2) is 0 Å². The topological polar surface area (TPSA) is 78.5 Å². The lowest BCUT2D eigenvalue weighted by Crippen LogP contribution is -2.60. The third-order valence-electron chi connectivity index (χ3n) is 8.23. The van der Waals surface area contributed by atoms with Crippen LogP contribution in [0.5, 0.6) is 0 Å². The fourth-order valence-electron chi connectivity index (χ4n) is 5.90. The summed E-state index contributed by atoms with van der Waals surface area (Å²) in [5, 5.41) is 3.19. The van der Waals surface area contributed by atoms with Crippen molar-refractivity contribution in [1.82, 2.24) is 10.2 Å². The van der Waals surface area contributed by atoms with Crippen LogP contribution in [0.3, 0.4) is 0 Å². The third kappa shape index (κ3) is 7.11. The number of benzene rings is 2. The molecule has 40 heavy (non-hydrogen) atoms. The Kier molecular flexibility index (Phi) is 9.24. The number of ether oxygens (including phenoxy) is 5. The predicted octanol–water partition coefficient (Wildman–Crippen LogP) is 3.91. The van der Waals surface area contributed by atoms with Crippen LogP contribution < -0.4 is 5.32 Å². The Morgan fingerprint density at radius 1 is 1.00 bits per heavy atom. The molecule has 0 aromatic heterocycles. The minimum absolute atomic E-state index is 0.120. The normalized spacial score (nSPS) is 28.2. The predicted molar refractivity (Wildman–Crippen MR) is 152 cm³/mol. The SMILES string of the molecule is Cc1ccc(COC2C[C@](OCc3ccccc3C)(C(=O)NCCN3CCOCC3)C[C@H]3OC(C)(C)O[C@@H]23)cc1. The second kappa shape index (κ2) is 12.7. The van der Waals surface area contributed by atoms with E-state index in [1.54, 1.807) is 0 Å². The standard InChI is InChI=1S/C32H44N2O6/c1-23-9-11-25(12-10-23)21-37-27-19-32(20-28-29(27)40-31(3,4)39-28,38-22-26-8-6-5-7-24(26)2)30(35)33-13-14-34-15-17-36-18-16-34/h5-12,27-29H,13-22H2,1-4H3,(H,33,35)/t27?,28-,29+,32-/m1/s1. The van der Waals surface area contributed by atoms with Crippen molar-refractivity contribution < 1.29 is 28.5 Å². The van der Waals surface area contributed by atoms with E-state index in [0.29, 0.717) is 32.6 Å². The van der Waals surface area contributed by atoms with Crippen LogP contribution in [-0.4, -0.2) is 79.9 Å². The molecule has 1 N–H and O–H groups in total. The van der Waals surface area contributed by atoms with E-state index in [0.717, 1.165) is 49.5 Å². The molecular formula is C32H44N2O6. The lowest BCUT2D eigenvalue weighted by Gasteiger charge is -2.43. The maximum absolute atomic E-state index is 14.0. The van der Waals surface area contributed by atoms with Gasteiger partial charge in [-0.3, -0.25) is 9.69 Å². The molecule has 0 spiro atoms. The van der Waals surface area contributed by atoms with Gasteiger partial charge in [-0.05, 0) is 44.4 Å². The number of hydrogen-bond donors (Lipinski definition) is 1. The van der Waals surface area contributed by atoms with Crippen LogP contribution in [0.2, 0.25) is 0 Å². The lowest BCUT2D eigenvalue weighted by atomic mass is 9.78. The number of carbonyl (C=O) groups is 1. The molecule has 2 saturated heterocycles. The molecule has 1 amide bonds. The van der Waals surface area contributed by atoms with Crippen molar-refractivity contribution in [3.63, 3.8) is 0 Å². The molecule has 2 aliphatic heterocycles. The lowest BCUT2D eigenvalue weighted by molar-refractivity contribution is -0.183. The van der Waals surface area contributed by atoms with Crippen LogP contribution in [0, 0.1) is 13.8 Å². The van der Waals surface area contributed by atoms with E-state index < -0.39 is 11.4 Å². The molecule has 4 atom stereocenters. The second-order valence-corrected chi connectivity index (χ2v) is 11.8.